The average molecular weight is 202 g/mol. The number of aliphatic hydroxyl groups is 1. The summed E-state index contributed by atoms with van der Waals surface area (Å²) < 4.78 is 5.80. The average Bonchev–Trinajstić information content (AvgIpc) is 2.87. The summed E-state index contributed by atoms with van der Waals surface area (Å²) in [6, 6.07) is 8.18. The van der Waals surface area contributed by atoms with Crippen LogP contribution in [0.15, 0.2) is 30.3 Å². The van der Waals surface area contributed by atoms with Crippen LogP contribution >= 0.6 is 0 Å². The number of rotatable bonds is 1. The van der Waals surface area contributed by atoms with Crippen LogP contribution in [-0.4, -0.2) is 16.8 Å². The van der Waals surface area contributed by atoms with Crippen LogP contribution in [0.5, 0.6) is 0 Å². The van der Waals surface area contributed by atoms with Crippen molar-refractivity contribution in [1.29, 1.82) is 0 Å². The molecule has 0 saturated carbocycles. The van der Waals surface area contributed by atoms with Crippen molar-refractivity contribution in [2.75, 3.05) is 0 Å². The van der Waals surface area contributed by atoms with Gasteiger partial charge in [-0.3, -0.25) is 0 Å². The lowest BCUT2D eigenvalue weighted by molar-refractivity contribution is 0.116. The lowest BCUT2D eigenvalue weighted by Crippen LogP contribution is -2.33. The van der Waals surface area contributed by atoms with E-state index in [4.69, 9.17) is 4.74 Å². The topological polar surface area (TPSA) is 32.8 Å². The van der Waals surface area contributed by atoms with E-state index < -0.39 is 11.7 Å². The molecule has 78 valence electrons. The van der Waals surface area contributed by atoms with E-state index in [0.717, 1.165) is 0 Å². The quantitative estimate of drug-likeness (QED) is 0.707. The monoisotopic (exact) mass is 202 g/mol. The highest BCUT2D eigenvalue weighted by atomic mass is 16.6. The third kappa shape index (κ3) is 0.912. The highest BCUT2D eigenvalue weighted by Crippen LogP contribution is 2.61. The van der Waals surface area contributed by atoms with Crippen molar-refractivity contribution in [2.24, 2.45) is 0 Å². The van der Waals surface area contributed by atoms with Gasteiger partial charge in [0.1, 0.15) is 11.2 Å². The van der Waals surface area contributed by atoms with E-state index >= 15 is 0 Å². The first-order valence-corrected chi connectivity index (χ1v) is 5.27. The molecule has 1 aromatic carbocycles. The first kappa shape index (κ1) is 9.13. The molecule has 3 atom stereocenters. The maximum Gasteiger partial charge on any atom is 0.146 e. The summed E-state index contributed by atoms with van der Waals surface area (Å²) in [7, 11) is 0. The maximum atomic E-state index is 9.79. The molecule has 0 radical (unpaired) electrons. The molecule has 1 N–H and O–H groups in total. The van der Waals surface area contributed by atoms with Crippen LogP contribution in [0.4, 0.5) is 0 Å². The van der Waals surface area contributed by atoms with Gasteiger partial charge in [0.15, 0.2) is 0 Å². The molecular formula is C13H14O2. The summed E-state index contributed by atoms with van der Waals surface area (Å²) in [5, 5.41) is 9.79. The predicted octanol–water partition coefficient (Wildman–Crippen LogP) is 2.08. The number of epoxide rings is 1. The normalized spacial score (nSPS) is 38.1. The second-order valence-electron chi connectivity index (χ2n) is 4.52. The molecule has 2 nitrogen and oxygen atoms in total. The Morgan fingerprint density at radius 3 is 2.80 bits per heavy atom. The van der Waals surface area contributed by atoms with Crippen molar-refractivity contribution in [3.63, 3.8) is 0 Å². The molecular weight excluding hydrogens is 188 g/mol. The highest BCUT2D eigenvalue weighted by molar-refractivity contribution is 5.65. The van der Waals surface area contributed by atoms with Crippen LogP contribution in [0.25, 0.3) is 6.08 Å². The Morgan fingerprint density at radius 2 is 2.07 bits per heavy atom. The highest BCUT2D eigenvalue weighted by Gasteiger charge is 2.70. The van der Waals surface area contributed by atoms with Crippen LogP contribution in [0.3, 0.4) is 0 Å². The first-order valence-electron chi connectivity index (χ1n) is 5.27. The summed E-state index contributed by atoms with van der Waals surface area (Å²) in [6.45, 7) is 3.82. The molecule has 0 spiro atoms. The van der Waals surface area contributed by atoms with Crippen molar-refractivity contribution < 1.29 is 9.84 Å². The molecule has 1 saturated heterocycles. The fraction of sp³-hybridized carbons (Fsp3) is 0.385. The van der Waals surface area contributed by atoms with Crippen LogP contribution < -0.4 is 0 Å². The van der Waals surface area contributed by atoms with Crippen LogP contribution in [0.2, 0.25) is 0 Å². The lowest BCUT2D eigenvalue weighted by atomic mass is 9.78. The minimum atomic E-state index is -0.499. The smallest absolute Gasteiger partial charge is 0.146 e. The molecule has 15 heavy (non-hydrogen) atoms. The largest absolute Gasteiger partial charge is 0.390 e. The zero-order valence-electron chi connectivity index (χ0n) is 8.90. The predicted molar refractivity (Wildman–Crippen MR) is 58.3 cm³/mol. The van der Waals surface area contributed by atoms with E-state index in [1.165, 1.54) is 11.1 Å². The van der Waals surface area contributed by atoms with Crippen LogP contribution in [0, 0.1) is 0 Å². The van der Waals surface area contributed by atoms with Gasteiger partial charge in [-0.2, -0.15) is 0 Å². The molecule has 1 aliphatic carbocycles. The second kappa shape index (κ2) is 2.52. The number of hydrogen-bond acceptors (Lipinski definition) is 2. The SMILES string of the molecule is C[C@@H](O)[C@]12C=Cc3ccccc3[C@@]1(C)O2. The molecule has 1 aromatic rings. The maximum absolute atomic E-state index is 9.79. The number of ether oxygens (including phenoxy) is 1. The van der Waals surface area contributed by atoms with Gasteiger partial charge in [-0.25, -0.2) is 0 Å². The molecule has 2 heteroatoms. The van der Waals surface area contributed by atoms with E-state index in [0.29, 0.717) is 0 Å². The van der Waals surface area contributed by atoms with Gasteiger partial charge in [0.05, 0.1) is 6.10 Å². The molecule has 0 amide bonds. The third-order valence-corrected chi connectivity index (χ3v) is 3.68. The summed E-state index contributed by atoms with van der Waals surface area (Å²) in [5.41, 5.74) is 1.52. The molecule has 0 aromatic heterocycles. The summed E-state index contributed by atoms with van der Waals surface area (Å²) in [5.74, 6) is 0. The van der Waals surface area contributed by atoms with E-state index in [9.17, 15) is 5.11 Å². The Kier molecular flexibility index (Phi) is 1.53. The van der Waals surface area contributed by atoms with E-state index in [1.807, 2.05) is 31.2 Å². The summed E-state index contributed by atoms with van der Waals surface area (Å²) >= 11 is 0. The standard InChI is InChI=1S/C13H14O2/c1-9(14)13-8-7-10-5-3-4-6-11(10)12(13,2)15-13/h3-9,14H,1-2H3/t9-,12-,13-/m1/s1. The number of benzene rings is 1. The first-order chi connectivity index (χ1) is 7.10. The fourth-order valence-electron chi connectivity index (χ4n) is 2.68. The van der Waals surface area contributed by atoms with Crippen molar-refractivity contribution in [3.05, 3.63) is 41.5 Å². The van der Waals surface area contributed by atoms with Gasteiger partial charge in [-0.05, 0) is 31.1 Å². The Hall–Kier alpha value is -1.12. The van der Waals surface area contributed by atoms with Gasteiger partial charge in [-0.15, -0.1) is 0 Å². The number of hydrogen-bond donors (Lipinski definition) is 1. The van der Waals surface area contributed by atoms with Crippen molar-refractivity contribution >= 4 is 6.08 Å². The van der Waals surface area contributed by atoms with Gasteiger partial charge in [0.2, 0.25) is 0 Å². The minimum Gasteiger partial charge on any atom is -0.390 e. The Balaban J connectivity index is 2.17. The second-order valence-corrected chi connectivity index (χ2v) is 4.52. The molecule has 2 aliphatic rings. The zero-order chi connectivity index (χ0) is 10.7. The summed E-state index contributed by atoms with van der Waals surface area (Å²) in [4.78, 5) is 0. The minimum absolute atomic E-state index is 0.341. The molecule has 0 unspecified atom stereocenters. The lowest BCUT2D eigenvalue weighted by Gasteiger charge is -2.22. The van der Waals surface area contributed by atoms with Gasteiger partial charge in [0.25, 0.3) is 0 Å². The third-order valence-electron chi connectivity index (χ3n) is 3.68. The van der Waals surface area contributed by atoms with E-state index in [2.05, 4.69) is 12.1 Å². The number of fused-ring (bicyclic) bond motifs is 3. The Labute approximate surface area is 89.2 Å². The molecule has 1 heterocycles. The zero-order valence-corrected chi connectivity index (χ0v) is 8.90. The molecule has 0 bridgehead atoms. The molecule has 1 aliphatic heterocycles. The van der Waals surface area contributed by atoms with Crippen LogP contribution in [-0.2, 0) is 10.3 Å². The number of aliphatic hydroxyl groups excluding tert-OH is 1. The van der Waals surface area contributed by atoms with E-state index in [-0.39, 0.29) is 5.60 Å². The van der Waals surface area contributed by atoms with Gasteiger partial charge >= 0.3 is 0 Å². The molecule has 1 fully saturated rings. The van der Waals surface area contributed by atoms with E-state index in [1.54, 1.807) is 6.92 Å². The van der Waals surface area contributed by atoms with Crippen molar-refractivity contribution in [3.8, 4) is 0 Å². The van der Waals surface area contributed by atoms with Gasteiger partial charge in [0, 0.05) is 0 Å². The van der Waals surface area contributed by atoms with Crippen molar-refractivity contribution in [2.45, 2.75) is 31.2 Å². The Bertz CT molecular complexity index is 450. The van der Waals surface area contributed by atoms with Gasteiger partial charge < -0.3 is 9.84 Å². The van der Waals surface area contributed by atoms with Crippen LogP contribution in [0.1, 0.15) is 25.0 Å². The molecule has 3 rings (SSSR count). The summed E-state index contributed by atoms with van der Waals surface area (Å²) in [6.07, 6.45) is 3.55. The fourth-order valence-corrected chi connectivity index (χ4v) is 2.68. The van der Waals surface area contributed by atoms with Crippen molar-refractivity contribution in [1.82, 2.24) is 0 Å². The Morgan fingerprint density at radius 1 is 1.33 bits per heavy atom. The van der Waals surface area contributed by atoms with Gasteiger partial charge in [-0.1, -0.05) is 30.3 Å².